The molecule has 32 heavy (non-hydrogen) atoms. The molecule has 4 rings (SSSR count). The molecule has 166 valence electrons. The molecule has 10 heteroatoms. The average molecular weight is 454 g/mol. The highest BCUT2D eigenvalue weighted by Crippen LogP contribution is 2.17. The molecular formula is C22H23N5O4S. The molecule has 0 saturated carbocycles. The fourth-order valence-corrected chi connectivity index (χ4v) is 3.87. The highest BCUT2D eigenvalue weighted by atomic mass is 32.1. The summed E-state index contributed by atoms with van der Waals surface area (Å²) < 4.78 is 19.2. The molecule has 0 aliphatic carbocycles. The normalized spacial score (nSPS) is 16.7. The van der Waals surface area contributed by atoms with Gasteiger partial charge in [0.2, 0.25) is 5.91 Å². The zero-order valence-corrected chi connectivity index (χ0v) is 18.4. The van der Waals surface area contributed by atoms with E-state index in [9.17, 15) is 9.59 Å². The van der Waals surface area contributed by atoms with Crippen LogP contribution >= 0.6 is 11.7 Å². The van der Waals surface area contributed by atoms with Gasteiger partial charge in [-0.3, -0.25) is 14.6 Å². The number of hydrogen-bond acceptors (Lipinski definition) is 8. The van der Waals surface area contributed by atoms with Gasteiger partial charge >= 0.3 is 0 Å². The summed E-state index contributed by atoms with van der Waals surface area (Å²) >= 11 is 0.960. The maximum atomic E-state index is 13.1. The van der Waals surface area contributed by atoms with Crippen molar-refractivity contribution < 1.29 is 19.1 Å². The van der Waals surface area contributed by atoms with E-state index >= 15 is 0 Å². The summed E-state index contributed by atoms with van der Waals surface area (Å²) in [5.74, 6) is 0.278. The van der Waals surface area contributed by atoms with E-state index in [0.717, 1.165) is 28.6 Å². The molecule has 0 unspecified atom stereocenters. The van der Waals surface area contributed by atoms with Crippen molar-refractivity contribution in [2.45, 2.75) is 19.3 Å². The predicted octanol–water partition coefficient (Wildman–Crippen LogP) is 2.01. The second kappa shape index (κ2) is 10.3. The highest BCUT2D eigenvalue weighted by molar-refractivity contribution is 6.99. The number of aromatic nitrogens is 3. The second-order valence-corrected chi connectivity index (χ2v) is 7.95. The number of hydrogen-bond donors (Lipinski definition) is 0. The summed E-state index contributed by atoms with van der Waals surface area (Å²) in [6.45, 7) is 1.35. The zero-order chi connectivity index (χ0) is 22.3. The van der Waals surface area contributed by atoms with Crippen LogP contribution in [0.5, 0.6) is 5.75 Å². The standard InChI is InChI=1S/C22H23N5O4S/c1-30-18-6-4-16(5-7-18)11-26-12-19(31-15-17-3-2-8-23-9-17)13-27(14-21(26)28)22(29)20-10-24-32-25-20/h2-10,19H,11-15H2,1H3/t19-/m1/s1. The van der Waals surface area contributed by atoms with Crippen LogP contribution in [0.3, 0.4) is 0 Å². The number of carbonyl (C=O) groups excluding carboxylic acids is 2. The third kappa shape index (κ3) is 5.45. The van der Waals surface area contributed by atoms with E-state index in [4.69, 9.17) is 9.47 Å². The molecule has 9 nitrogen and oxygen atoms in total. The van der Waals surface area contributed by atoms with Gasteiger partial charge in [0.05, 0.1) is 37.7 Å². The Bertz CT molecular complexity index is 1030. The lowest BCUT2D eigenvalue weighted by molar-refractivity contribution is -0.132. The van der Waals surface area contributed by atoms with Crippen LogP contribution < -0.4 is 4.74 Å². The van der Waals surface area contributed by atoms with Gasteiger partial charge in [-0.25, -0.2) is 0 Å². The summed E-state index contributed by atoms with van der Waals surface area (Å²) in [7, 11) is 1.61. The van der Waals surface area contributed by atoms with Crippen molar-refractivity contribution in [2.75, 3.05) is 26.7 Å². The molecule has 0 spiro atoms. The topological polar surface area (TPSA) is 97.8 Å². The van der Waals surface area contributed by atoms with Gasteiger partial charge in [-0.2, -0.15) is 8.75 Å². The Morgan fingerprint density at radius 3 is 2.69 bits per heavy atom. The van der Waals surface area contributed by atoms with Gasteiger partial charge in [-0.05, 0) is 29.3 Å². The van der Waals surface area contributed by atoms with E-state index in [0.29, 0.717) is 19.7 Å². The maximum Gasteiger partial charge on any atom is 0.275 e. The molecule has 1 fully saturated rings. The molecule has 1 aliphatic rings. The highest BCUT2D eigenvalue weighted by Gasteiger charge is 2.32. The maximum absolute atomic E-state index is 13.1. The number of carbonyl (C=O) groups is 2. The number of rotatable bonds is 7. The van der Waals surface area contributed by atoms with Crippen LogP contribution in [-0.2, 0) is 22.7 Å². The third-order valence-electron chi connectivity index (χ3n) is 5.14. The van der Waals surface area contributed by atoms with Crippen molar-refractivity contribution in [1.82, 2.24) is 23.5 Å². The van der Waals surface area contributed by atoms with E-state index in [1.807, 2.05) is 36.4 Å². The molecule has 0 radical (unpaired) electrons. The fourth-order valence-electron chi connectivity index (χ4n) is 3.46. The summed E-state index contributed by atoms with van der Waals surface area (Å²) in [6, 6.07) is 11.3. The summed E-state index contributed by atoms with van der Waals surface area (Å²) in [6.07, 6.45) is 4.49. The summed E-state index contributed by atoms with van der Waals surface area (Å²) in [5, 5.41) is 0. The minimum atomic E-state index is -0.365. The lowest BCUT2D eigenvalue weighted by atomic mass is 10.2. The van der Waals surface area contributed by atoms with Crippen LogP contribution in [0.15, 0.2) is 55.0 Å². The molecule has 0 N–H and O–H groups in total. The Morgan fingerprint density at radius 2 is 2.00 bits per heavy atom. The van der Waals surface area contributed by atoms with Crippen molar-refractivity contribution in [1.29, 1.82) is 0 Å². The number of methoxy groups -OCH3 is 1. The van der Waals surface area contributed by atoms with E-state index in [1.165, 1.54) is 11.1 Å². The number of ether oxygens (including phenoxy) is 2. The van der Waals surface area contributed by atoms with E-state index < -0.39 is 0 Å². The van der Waals surface area contributed by atoms with Crippen molar-refractivity contribution in [3.8, 4) is 5.75 Å². The average Bonchev–Trinajstić information content (AvgIpc) is 3.32. The first-order valence-corrected chi connectivity index (χ1v) is 10.8. The first kappa shape index (κ1) is 21.8. The van der Waals surface area contributed by atoms with Crippen LogP contribution in [0.4, 0.5) is 0 Å². The summed E-state index contributed by atoms with van der Waals surface area (Å²) in [4.78, 5) is 33.3. The van der Waals surface area contributed by atoms with E-state index in [1.54, 1.807) is 24.4 Å². The molecule has 0 bridgehead atoms. The second-order valence-electron chi connectivity index (χ2n) is 7.39. The fraction of sp³-hybridized carbons (Fsp3) is 0.318. The minimum absolute atomic E-state index is 0.0424. The number of pyridine rings is 1. The molecule has 1 aliphatic heterocycles. The van der Waals surface area contributed by atoms with Crippen molar-refractivity contribution in [3.05, 3.63) is 71.8 Å². The van der Waals surface area contributed by atoms with Crippen molar-refractivity contribution in [2.24, 2.45) is 0 Å². The molecule has 1 aromatic carbocycles. The number of amides is 2. The molecular weight excluding hydrogens is 430 g/mol. The van der Waals surface area contributed by atoms with Gasteiger partial charge in [0.1, 0.15) is 12.3 Å². The first-order chi connectivity index (χ1) is 15.6. The number of nitrogens with zero attached hydrogens (tertiary/aromatic N) is 5. The van der Waals surface area contributed by atoms with Crippen LogP contribution in [0, 0.1) is 0 Å². The van der Waals surface area contributed by atoms with Gasteiger partial charge in [-0.15, -0.1) is 0 Å². The predicted molar refractivity (Wildman–Crippen MR) is 117 cm³/mol. The SMILES string of the molecule is COc1ccc(CN2C[C@@H](OCc3cccnc3)CN(C(=O)c3cnsn3)CC2=O)cc1. The molecule has 2 aromatic heterocycles. The van der Waals surface area contributed by atoms with Gasteiger partial charge in [0.15, 0.2) is 5.69 Å². The Morgan fingerprint density at radius 1 is 1.16 bits per heavy atom. The monoisotopic (exact) mass is 453 g/mol. The molecule has 3 heterocycles. The summed E-state index contributed by atoms with van der Waals surface area (Å²) in [5.41, 5.74) is 2.12. The molecule has 2 amide bonds. The zero-order valence-electron chi connectivity index (χ0n) is 17.6. The molecule has 1 atom stereocenters. The quantitative estimate of drug-likeness (QED) is 0.540. The minimum Gasteiger partial charge on any atom is -0.497 e. The first-order valence-electron chi connectivity index (χ1n) is 10.1. The van der Waals surface area contributed by atoms with Gasteiger partial charge in [0.25, 0.3) is 5.91 Å². The number of benzene rings is 1. The van der Waals surface area contributed by atoms with Crippen LogP contribution in [0.1, 0.15) is 21.6 Å². The Balaban J connectivity index is 1.51. The lowest BCUT2D eigenvalue weighted by Gasteiger charge is -2.25. The lowest BCUT2D eigenvalue weighted by Crippen LogP contribution is -2.39. The van der Waals surface area contributed by atoms with Gasteiger partial charge < -0.3 is 19.3 Å². The van der Waals surface area contributed by atoms with Gasteiger partial charge in [-0.1, -0.05) is 18.2 Å². The Labute approximate surface area is 189 Å². The largest absolute Gasteiger partial charge is 0.497 e. The Hall–Kier alpha value is -3.37. The van der Waals surface area contributed by atoms with E-state index in [2.05, 4.69) is 13.7 Å². The molecule has 3 aromatic rings. The van der Waals surface area contributed by atoms with E-state index in [-0.39, 0.29) is 36.7 Å². The van der Waals surface area contributed by atoms with Crippen LogP contribution in [-0.4, -0.2) is 68.2 Å². The van der Waals surface area contributed by atoms with Crippen LogP contribution in [0.25, 0.3) is 0 Å². The van der Waals surface area contributed by atoms with Gasteiger partial charge in [0, 0.05) is 32.0 Å². The van der Waals surface area contributed by atoms with Crippen molar-refractivity contribution >= 4 is 23.5 Å². The smallest absolute Gasteiger partial charge is 0.275 e. The van der Waals surface area contributed by atoms with Crippen LogP contribution in [0.2, 0.25) is 0 Å². The Kier molecular flexibility index (Phi) is 7.03. The molecule has 1 saturated heterocycles. The third-order valence-corrected chi connectivity index (χ3v) is 5.61. The van der Waals surface area contributed by atoms with Crippen molar-refractivity contribution in [3.63, 3.8) is 0 Å².